The second-order valence-electron chi connectivity index (χ2n) is 8.34. The first-order valence-electron chi connectivity index (χ1n) is 10.9. The number of imidazole rings is 1. The number of benzene rings is 2. The lowest BCUT2D eigenvalue weighted by atomic mass is 10.1. The lowest BCUT2D eigenvalue weighted by Crippen LogP contribution is -2.28. The summed E-state index contributed by atoms with van der Waals surface area (Å²) in [4.78, 5) is 24.9. The maximum Gasteiger partial charge on any atom is 0.329 e. The zero-order valence-corrected chi connectivity index (χ0v) is 18.3. The number of aliphatic carboxylic acids is 1. The van der Waals surface area contributed by atoms with Crippen LogP contribution in [0.15, 0.2) is 53.5 Å². The van der Waals surface area contributed by atoms with Crippen molar-refractivity contribution in [3.05, 3.63) is 70.3 Å². The molecule has 31 heavy (non-hydrogen) atoms. The first kappa shape index (κ1) is 21.0. The second-order valence-corrected chi connectivity index (χ2v) is 8.34. The Balaban J connectivity index is 1.86. The Morgan fingerprint density at radius 1 is 1.03 bits per heavy atom. The molecule has 0 aliphatic carbocycles. The van der Waals surface area contributed by atoms with Crippen LogP contribution in [0.2, 0.25) is 0 Å². The van der Waals surface area contributed by atoms with Crippen LogP contribution in [0.3, 0.4) is 0 Å². The molecule has 0 saturated heterocycles. The molecule has 2 heterocycles. The fourth-order valence-corrected chi connectivity index (χ4v) is 4.79. The molecule has 6 nitrogen and oxygen atoms in total. The quantitative estimate of drug-likeness (QED) is 0.444. The zero-order chi connectivity index (χ0) is 22.1. The van der Waals surface area contributed by atoms with E-state index < -0.39 is 5.97 Å². The molecule has 0 radical (unpaired) electrons. The van der Waals surface area contributed by atoms with Gasteiger partial charge in [0.25, 0.3) is 0 Å². The van der Waals surface area contributed by atoms with Gasteiger partial charge in [0.1, 0.15) is 0 Å². The number of fused-ring (bicyclic) bond motifs is 2. The van der Waals surface area contributed by atoms with Gasteiger partial charge in [-0.15, -0.1) is 0 Å². The van der Waals surface area contributed by atoms with Crippen LogP contribution in [-0.2, 0) is 18.4 Å². The lowest BCUT2D eigenvalue weighted by molar-refractivity contribution is -0.137. The molecule has 4 rings (SSSR count). The molecule has 0 saturated carbocycles. The highest BCUT2D eigenvalue weighted by Crippen LogP contribution is 2.28. The zero-order valence-electron chi connectivity index (χ0n) is 18.3. The number of aryl methyl sites for hydroxylation is 2. The topological polar surface area (TPSA) is 69.2 Å². The highest BCUT2D eigenvalue weighted by Gasteiger charge is 2.21. The molecule has 0 spiro atoms. The van der Waals surface area contributed by atoms with Crippen molar-refractivity contribution in [1.82, 2.24) is 13.7 Å². The number of para-hydroxylation sites is 2. The molecule has 162 valence electrons. The number of aromatic nitrogens is 3. The number of rotatable bonds is 8. The van der Waals surface area contributed by atoms with Crippen molar-refractivity contribution < 1.29 is 9.90 Å². The summed E-state index contributed by atoms with van der Waals surface area (Å²) in [6, 6.07) is 13.9. The van der Waals surface area contributed by atoms with Crippen molar-refractivity contribution in [1.29, 1.82) is 0 Å². The van der Waals surface area contributed by atoms with E-state index in [-0.39, 0.29) is 18.2 Å². The fourth-order valence-electron chi connectivity index (χ4n) is 4.79. The van der Waals surface area contributed by atoms with Crippen LogP contribution in [-0.4, -0.2) is 24.8 Å². The van der Waals surface area contributed by atoms with E-state index in [1.807, 2.05) is 40.4 Å². The molecule has 1 unspecified atom stereocenters. The Labute approximate surface area is 181 Å². The van der Waals surface area contributed by atoms with E-state index in [2.05, 4.69) is 42.8 Å². The summed E-state index contributed by atoms with van der Waals surface area (Å²) in [7, 11) is 2.03. The van der Waals surface area contributed by atoms with Gasteiger partial charge in [0.15, 0.2) is 0 Å². The molecule has 0 bridgehead atoms. The number of carboxylic acids is 1. The maximum atomic E-state index is 13.7. The van der Waals surface area contributed by atoms with Crippen LogP contribution in [0, 0.1) is 6.92 Å². The van der Waals surface area contributed by atoms with E-state index in [0.717, 1.165) is 35.0 Å². The van der Waals surface area contributed by atoms with Crippen LogP contribution in [0.25, 0.3) is 21.9 Å². The first-order chi connectivity index (χ1) is 14.9. The van der Waals surface area contributed by atoms with Crippen molar-refractivity contribution in [2.45, 2.75) is 52.1 Å². The highest BCUT2D eigenvalue weighted by molar-refractivity contribution is 5.87. The average Bonchev–Trinajstić information content (AvgIpc) is 3.21. The van der Waals surface area contributed by atoms with Crippen molar-refractivity contribution in [3.8, 4) is 0 Å². The molecule has 4 aromatic rings. The summed E-state index contributed by atoms with van der Waals surface area (Å²) in [5, 5.41) is 10.4. The maximum absolute atomic E-state index is 13.7. The van der Waals surface area contributed by atoms with Gasteiger partial charge in [0.2, 0.25) is 0 Å². The third-order valence-electron chi connectivity index (χ3n) is 6.18. The number of carbonyl (C=O) groups is 1. The second kappa shape index (κ2) is 8.46. The van der Waals surface area contributed by atoms with Crippen molar-refractivity contribution >= 4 is 27.9 Å². The van der Waals surface area contributed by atoms with Gasteiger partial charge in [0, 0.05) is 36.6 Å². The smallest absolute Gasteiger partial charge is 0.329 e. The molecule has 0 aliphatic rings. The summed E-state index contributed by atoms with van der Waals surface area (Å²) in [5.74, 6) is -0.830. The molecule has 2 aromatic carbocycles. The predicted molar refractivity (Wildman–Crippen MR) is 124 cm³/mol. The van der Waals surface area contributed by atoms with E-state index >= 15 is 0 Å². The molecular weight excluding hydrogens is 390 g/mol. The van der Waals surface area contributed by atoms with Gasteiger partial charge >= 0.3 is 11.7 Å². The van der Waals surface area contributed by atoms with E-state index in [4.69, 9.17) is 0 Å². The lowest BCUT2D eigenvalue weighted by Gasteiger charge is -2.17. The number of hydrogen-bond donors (Lipinski definition) is 1. The predicted octanol–water partition coefficient (Wildman–Crippen LogP) is 4.86. The highest BCUT2D eigenvalue weighted by atomic mass is 16.4. The molecule has 0 fully saturated rings. The van der Waals surface area contributed by atoms with Gasteiger partial charge in [-0.3, -0.25) is 13.9 Å². The van der Waals surface area contributed by atoms with E-state index in [9.17, 15) is 14.7 Å². The normalized spacial score (nSPS) is 12.6. The van der Waals surface area contributed by atoms with Crippen LogP contribution >= 0.6 is 0 Å². The minimum atomic E-state index is -0.830. The van der Waals surface area contributed by atoms with Gasteiger partial charge in [-0.1, -0.05) is 37.6 Å². The van der Waals surface area contributed by atoms with E-state index in [1.165, 1.54) is 10.9 Å². The van der Waals surface area contributed by atoms with Gasteiger partial charge < -0.3 is 9.67 Å². The Kier molecular flexibility index (Phi) is 5.72. The fraction of sp³-hybridized carbons (Fsp3) is 0.360. The summed E-state index contributed by atoms with van der Waals surface area (Å²) in [6.45, 7) is 4.64. The van der Waals surface area contributed by atoms with Gasteiger partial charge in [-0.2, -0.15) is 0 Å². The first-order valence-corrected chi connectivity index (χ1v) is 10.9. The average molecular weight is 420 g/mol. The molecular formula is C25H29N3O3. The minimum Gasteiger partial charge on any atom is -0.481 e. The van der Waals surface area contributed by atoms with Gasteiger partial charge in [0.05, 0.1) is 17.6 Å². The standard InChI is InChI=1S/C25H29N3O3/c1-4-8-19(13-14-23(29)30)28-21-11-6-5-10-20(21)27(25(28)31)16-18-15-26(3)22-12-7-9-17(2)24(18)22/h5-7,9-12,15,19H,4,8,13-14,16H2,1-3H3,(H,29,30). The van der Waals surface area contributed by atoms with Crippen LogP contribution in [0.4, 0.5) is 0 Å². The molecule has 1 atom stereocenters. The molecule has 6 heteroatoms. The van der Waals surface area contributed by atoms with Crippen molar-refractivity contribution in [2.24, 2.45) is 7.05 Å². The van der Waals surface area contributed by atoms with Crippen LogP contribution in [0.1, 0.15) is 49.8 Å². The van der Waals surface area contributed by atoms with Crippen LogP contribution in [0.5, 0.6) is 0 Å². The SMILES string of the molecule is CCCC(CCC(=O)O)n1c(=O)n(Cc2cn(C)c3cccc(C)c23)c2ccccc21. The number of hydrogen-bond acceptors (Lipinski definition) is 2. The molecule has 2 aromatic heterocycles. The van der Waals surface area contributed by atoms with E-state index in [0.29, 0.717) is 13.0 Å². The molecule has 0 amide bonds. The Bertz CT molecular complexity index is 1310. The summed E-state index contributed by atoms with van der Waals surface area (Å²) >= 11 is 0. The summed E-state index contributed by atoms with van der Waals surface area (Å²) in [5.41, 5.74) is 5.13. The van der Waals surface area contributed by atoms with Crippen molar-refractivity contribution in [2.75, 3.05) is 0 Å². The van der Waals surface area contributed by atoms with Gasteiger partial charge in [-0.05, 0) is 49.1 Å². The third-order valence-corrected chi connectivity index (χ3v) is 6.18. The Hall–Kier alpha value is -3.28. The third kappa shape index (κ3) is 3.78. The minimum absolute atomic E-state index is 0.0547. The number of nitrogens with zero attached hydrogens (tertiary/aromatic N) is 3. The van der Waals surface area contributed by atoms with Crippen LogP contribution < -0.4 is 5.69 Å². The number of carboxylic acid groups (broad SMARTS) is 1. The Morgan fingerprint density at radius 2 is 1.74 bits per heavy atom. The molecule has 0 aliphatic heterocycles. The molecule has 1 N–H and O–H groups in total. The monoisotopic (exact) mass is 419 g/mol. The largest absolute Gasteiger partial charge is 0.481 e. The van der Waals surface area contributed by atoms with Crippen molar-refractivity contribution in [3.63, 3.8) is 0 Å². The Morgan fingerprint density at radius 3 is 2.45 bits per heavy atom. The summed E-state index contributed by atoms with van der Waals surface area (Å²) < 4.78 is 5.76. The summed E-state index contributed by atoms with van der Waals surface area (Å²) in [6.07, 6.45) is 4.26. The van der Waals surface area contributed by atoms with E-state index in [1.54, 1.807) is 0 Å². The van der Waals surface area contributed by atoms with Gasteiger partial charge in [-0.25, -0.2) is 4.79 Å².